The lowest BCUT2D eigenvalue weighted by Crippen LogP contribution is -2.23. The minimum absolute atomic E-state index is 0.112. The fraction of sp³-hybridized carbons (Fsp3) is 0.133. The highest BCUT2D eigenvalue weighted by Gasteiger charge is 2.17. The summed E-state index contributed by atoms with van der Waals surface area (Å²) in [5.74, 6) is 1.18. The number of nitrogens with one attached hydrogen (secondary N) is 1. The Kier molecular flexibility index (Phi) is 7.22. The maximum Gasteiger partial charge on any atom is 0.309 e. The maximum absolute atomic E-state index is 12.8. The van der Waals surface area contributed by atoms with Gasteiger partial charge in [-0.3, -0.25) is 14.2 Å². The first-order chi connectivity index (χ1) is 19.0. The van der Waals surface area contributed by atoms with Gasteiger partial charge in [-0.1, -0.05) is 24.3 Å². The minimum Gasteiger partial charge on any atom is -0.497 e. The Hall–Kier alpha value is -5.18. The SMILES string of the molecule is COC(=O)Cc1cccc(C(=O)NCc2ccc(-n3c(-c4cccnc4N)nc4ccc(OC)cc43)cc2)c1. The van der Waals surface area contributed by atoms with Gasteiger partial charge in [0, 0.05) is 30.1 Å². The van der Waals surface area contributed by atoms with Crippen LogP contribution in [0.5, 0.6) is 5.75 Å². The number of fused-ring (bicyclic) bond motifs is 1. The van der Waals surface area contributed by atoms with Crippen LogP contribution in [0.25, 0.3) is 28.1 Å². The monoisotopic (exact) mass is 521 g/mol. The van der Waals surface area contributed by atoms with Crippen molar-refractivity contribution in [3.8, 4) is 22.8 Å². The van der Waals surface area contributed by atoms with E-state index in [1.165, 1.54) is 7.11 Å². The van der Waals surface area contributed by atoms with E-state index in [0.717, 1.165) is 27.8 Å². The lowest BCUT2D eigenvalue weighted by molar-refractivity contribution is -0.139. The second-order valence-electron chi connectivity index (χ2n) is 8.86. The Labute approximate surface area is 225 Å². The van der Waals surface area contributed by atoms with Gasteiger partial charge in [0.15, 0.2) is 0 Å². The fourth-order valence-electron chi connectivity index (χ4n) is 4.34. The summed E-state index contributed by atoms with van der Waals surface area (Å²) in [5, 5.41) is 2.94. The Bertz CT molecular complexity index is 1660. The van der Waals surface area contributed by atoms with E-state index >= 15 is 0 Å². The number of hydrogen-bond donors (Lipinski definition) is 2. The van der Waals surface area contributed by atoms with Crippen molar-refractivity contribution in [1.82, 2.24) is 19.9 Å². The zero-order valence-electron chi connectivity index (χ0n) is 21.5. The first kappa shape index (κ1) is 25.5. The highest BCUT2D eigenvalue weighted by molar-refractivity contribution is 5.94. The molecule has 0 atom stereocenters. The second kappa shape index (κ2) is 11.1. The fourth-order valence-corrected chi connectivity index (χ4v) is 4.34. The number of carbonyl (C=O) groups is 2. The van der Waals surface area contributed by atoms with E-state index < -0.39 is 0 Å². The summed E-state index contributed by atoms with van der Waals surface area (Å²) in [5.41, 5.74) is 11.6. The Morgan fingerprint density at radius 3 is 2.51 bits per heavy atom. The summed E-state index contributed by atoms with van der Waals surface area (Å²) < 4.78 is 12.2. The third-order valence-electron chi connectivity index (χ3n) is 6.35. The van der Waals surface area contributed by atoms with Crippen LogP contribution in [-0.4, -0.2) is 40.6 Å². The van der Waals surface area contributed by atoms with Crippen molar-refractivity contribution >= 4 is 28.7 Å². The van der Waals surface area contributed by atoms with Crippen LogP contribution in [0.4, 0.5) is 5.82 Å². The van der Waals surface area contributed by atoms with Crippen molar-refractivity contribution in [2.75, 3.05) is 20.0 Å². The molecule has 0 unspecified atom stereocenters. The molecule has 5 aromatic rings. The molecule has 0 aliphatic rings. The molecule has 2 heterocycles. The maximum atomic E-state index is 12.8. The number of carbonyl (C=O) groups excluding carboxylic acids is 2. The molecule has 0 aliphatic heterocycles. The number of hydrogen-bond acceptors (Lipinski definition) is 7. The number of benzene rings is 3. The average Bonchev–Trinajstić information content (AvgIpc) is 3.34. The topological polar surface area (TPSA) is 121 Å². The second-order valence-corrected chi connectivity index (χ2v) is 8.86. The van der Waals surface area contributed by atoms with Gasteiger partial charge >= 0.3 is 5.97 Å². The number of anilines is 1. The van der Waals surface area contributed by atoms with E-state index in [1.54, 1.807) is 37.6 Å². The van der Waals surface area contributed by atoms with E-state index in [1.807, 2.05) is 59.2 Å². The van der Waals surface area contributed by atoms with Crippen LogP contribution in [0.15, 0.2) is 85.1 Å². The third-order valence-corrected chi connectivity index (χ3v) is 6.35. The molecular formula is C30H27N5O4. The molecule has 0 saturated heterocycles. The minimum atomic E-state index is -0.355. The lowest BCUT2D eigenvalue weighted by atomic mass is 10.1. The smallest absolute Gasteiger partial charge is 0.309 e. The number of nitrogens with two attached hydrogens (primary N) is 1. The van der Waals surface area contributed by atoms with Gasteiger partial charge in [0.05, 0.1) is 37.2 Å². The number of nitrogen functional groups attached to an aromatic ring is 1. The zero-order chi connectivity index (χ0) is 27.4. The molecule has 1 amide bonds. The van der Waals surface area contributed by atoms with E-state index in [0.29, 0.717) is 35.1 Å². The number of esters is 1. The molecule has 0 radical (unpaired) electrons. The summed E-state index contributed by atoms with van der Waals surface area (Å²) in [6, 6.07) is 24.2. The molecule has 3 aromatic carbocycles. The van der Waals surface area contributed by atoms with Crippen molar-refractivity contribution in [3.63, 3.8) is 0 Å². The van der Waals surface area contributed by atoms with Gasteiger partial charge in [0.25, 0.3) is 5.91 Å². The number of ether oxygens (including phenoxy) is 2. The third kappa shape index (κ3) is 5.42. The van der Waals surface area contributed by atoms with Gasteiger partial charge in [0.2, 0.25) is 0 Å². The predicted octanol–water partition coefficient (Wildman–Crippen LogP) is 4.32. The summed E-state index contributed by atoms with van der Waals surface area (Å²) in [4.78, 5) is 33.4. The summed E-state index contributed by atoms with van der Waals surface area (Å²) >= 11 is 0. The molecule has 3 N–H and O–H groups in total. The molecule has 196 valence electrons. The van der Waals surface area contributed by atoms with Gasteiger partial charge in [-0.2, -0.15) is 0 Å². The standard InChI is InChI=1S/C30H27N5O4/c1-38-23-12-13-25-26(17-23)35(29(34-25)24-7-4-14-32-28(24)31)22-10-8-19(9-11-22)18-33-30(37)21-6-3-5-20(15-21)16-27(36)39-2/h3-15,17H,16,18H2,1-2H3,(H2,31,32)(H,33,37). The average molecular weight is 522 g/mol. The molecule has 0 fully saturated rings. The number of aromatic nitrogens is 3. The van der Waals surface area contributed by atoms with Crippen molar-refractivity contribution in [2.45, 2.75) is 13.0 Å². The van der Waals surface area contributed by atoms with Crippen LogP contribution in [0.1, 0.15) is 21.5 Å². The molecule has 0 spiro atoms. The van der Waals surface area contributed by atoms with E-state index in [-0.39, 0.29) is 18.3 Å². The quantitative estimate of drug-likeness (QED) is 0.292. The predicted molar refractivity (Wildman–Crippen MR) is 149 cm³/mol. The van der Waals surface area contributed by atoms with Gasteiger partial charge in [-0.25, -0.2) is 9.97 Å². The molecule has 5 rings (SSSR count). The molecule has 2 aromatic heterocycles. The van der Waals surface area contributed by atoms with Crippen LogP contribution in [0.3, 0.4) is 0 Å². The molecule has 0 aliphatic carbocycles. The van der Waals surface area contributed by atoms with Gasteiger partial charge < -0.3 is 20.5 Å². The molecule has 9 nitrogen and oxygen atoms in total. The summed E-state index contributed by atoms with van der Waals surface area (Å²) in [6.07, 6.45) is 1.76. The van der Waals surface area contributed by atoms with Crippen LogP contribution >= 0.6 is 0 Å². The molecule has 0 bridgehead atoms. The molecular weight excluding hydrogens is 494 g/mol. The number of nitrogens with zero attached hydrogens (tertiary/aromatic N) is 3. The van der Waals surface area contributed by atoms with E-state index in [9.17, 15) is 9.59 Å². The molecule has 0 saturated carbocycles. The normalized spacial score (nSPS) is 10.8. The molecule has 9 heteroatoms. The van der Waals surface area contributed by atoms with Gasteiger partial charge in [-0.05, 0) is 59.7 Å². The van der Waals surface area contributed by atoms with Crippen molar-refractivity contribution in [3.05, 3.63) is 102 Å². The van der Waals surface area contributed by atoms with Gasteiger partial charge in [-0.15, -0.1) is 0 Å². The first-order valence-electron chi connectivity index (χ1n) is 12.3. The number of pyridine rings is 1. The number of rotatable bonds is 8. The van der Waals surface area contributed by atoms with Crippen LogP contribution in [0.2, 0.25) is 0 Å². The number of methoxy groups -OCH3 is 2. The van der Waals surface area contributed by atoms with E-state index in [2.05, 4.69) is 10.3 Å². The highest BCUT2D eigenvalue weighted by atomic mass is 16.5. The Morgan fingerprint density at radius 1 is 0.949 bits per heavy atom. The summed E-state index contributed by atoms with van der Waals surface area (Å²) in [7, 11) is 2.96. The van der Waals surface area contributed by atoms with Crippen LogP contribution in [0, 0.1) is 0 Å². The Balaban J connectivity index is 1.40. The zero-order valence-corrected chi connectivity index (χ0v) is 21.5. The van der Waals surface area contributed by atoms with Gasteiger partial charge in [0.1, 0.15) is 17.4 Å². The Morgan fingerprint density at radius 2 is 1.77 bits per heavy atom. The van der Waals surface area contributed by atoms with Crippen molar-refractivity contribution in [2.24, 2.45) is 0 Å². The van der Waals surface area contributed by atoms with Crippen LogP contribution in [-0.2, 0) is 22.5 Å². The summed E-state index contributed by atoms with van der Waals surface area (Å²) in [6.45, 7) is 0.335. The number of amides is 1. The molecule has 39 heavy (non-hydrogen) atoms. The number of imidazole rings is 1. The van der Waals surface area contributed by atoms with Crippen molar-refractivity contribution < 1.29 is 19.1 Å². The van der Waals surface area contributed by atoms with Crippen molar-refractivity contribution in [1.29, 1.82) is 0 Å². The lowest BCUT2D eigenvalue weighted by Gasteiger charge is -2.12. The van der Waals surface area contributed by atoms with E-state index in [4.69, 9.17) is 20.2 Å². The largest absolute Gasteiger partial charge is 0.497 e. The first-order valence-corrected chi connectivity index (χ1v) is 12.3. The highest BCUT2D eigenvalue weighted by Crippen LogP contribution is 2.32. The van der Waals surface area contributed by atoms with Crippen LogP contribution < -0.4 is 15.8 Å².